The van der Waals surface area contributed by atoms with Gasteiger partial charge in [0, 0.05) is 45.6 Å². The van der Waals surface area contributed by atoms with Crippen LogP contribution in [0, 0.1) is 5.82 Å². The maximum absolute atomic E-state index is 15.2. The van der Waals surface area contributed by atoms with E-state index in [-0.39, 0.29) is 29.7 Å². The quantitative estimate of drug-likeness (QED) is 0.603. The summed E-state index contributed by atoms with van der Waals surface area (Å²) in [5, 5.41) is 11.0. The van der Waals surface area contributed by atoms with Crippen molar-refractivity contribution in [3.8, 4) is 0 Å². The number of anilines is 1. The lowest BCUT2D eigenvalue weighted by Crippen LogP contribution is -2.54. The van der Waals surface area contributed by atoms with Gasteiger partial charge in [-0.15, -0.1) is 10.2 Å². The van der Waals surface area contributed by atoms with Gasteiger partial charge >= 0.3 is 0 Å². The molecule has 4 aliphatic heterocycles. The third-order valence-corrected chi connectivity index (χ3v) is 7.77. The lowest BCUT2D eigenvalue weighted by Gasteiger charge is -2.36. The molecule has 11 nitrogen and oxygen atoms in total. The highest BCUT2D eigenvalue weighted by Crippen LogP contribution is 2.36. The molecule has 0 spiro atoms. The first-order valence-electron chi connectivity index (χ1n) is 12.8. The van der Waals surface area contributed by atoms with Crippen LogP contribution in [0.2, 0.25) is 0 Å². The van der Waals surface area contributed by atoms with E-state index in [9.17, 15) is 19.2 Å². The number of nitrogens with zero attached hydrogens (tertiary/aromatic N) is 6. The van der Waals surface area contributed by atoms with E-state index in [1.165, 1.54) is 18.6 Å². The highest BCUT2D eigenvalue weighted by molar-refractivity contribution is 6.25. The third kappa shape index (κ3) is 4.08. The Morgan fingerprint density at radius 1 is 0.919 bits per heavy atom. The average Bonchev–Trinajstić information content (AvgIpc) is 3.25. The van der Waals surface area contributed by atoms with Crippen LogP contribution in [0.5, 0.6) is 0 Å². The standard InChI is InChI=1S/C25H28FN7O4/c26-16-6-5-15-21(25(37)33(24(15)36)17-7-8-20(34)27-23(17)35)22(16)31-12-10-30(11-13-31)14-19-29-28-18-4-2-1-3-9-32(18)19/h5-6,17H,1-4,7-14H2,(H,27,34,35). The summed E-state index contributed by atoms with van der Waals surface area (Å²) in [6, 6.07) is 1.41. The van der Waals surface area contributed by atoms with Gasteiger partial charge in [0.15, 0.2) is 0 Å². The molecule has 1 aromatic carbocycles. The van der Waals surface area contributed by atoms with Crippen molar-refractivity contribution in [3.05, 3.63) is 40.7 Å². The Kier molecular flexibility index (Phi) is 5.98. The Bertz CT molecular complexity index is 1300. The van der Waals surface area contributed by atoms with Crippen molar-refractivity contribution in [3.63, 3.8) is 0 Å². The zero-order valence-corrected chi connectivity index (χ0v) is 20.4. The number of benzene rings is 1. The molecule has 1 N–H and O–H groups in total. The van der Waals surface area contributed by atoms with Gasteiger partial charge < -0.3 is 9.47 Å². The molecule has 1 unspecified atom stereocenters. The molecule has 2 aromatic rings. The molecule has 5 heterocycles. The number of aromatic nitrogens is 3. The SMILES string of the molecule is O=C1CCC(N2C(=O)c3ccc(F)c(N4CCN(Cc5nnc6n5CCCCC6)CC4)c3C2=O)C(=O)N1. The molecular formula is C25H28FN7O4. The van der Waals surface area contributed by atoms with Crippen molar-refractivity contribution in [1.82, 2.24) is 29.9 Å². The molecule has 12 heteroatoms. The molecule has 37 heavy (non-hydrogen) atoms. The largest absolute Gasteiger partial charge is 0.366 e. The Labute approximate surface area is 212 Å². The second kappa shape index (κ2) is 9.33. The molecule has 6 rings (SSSR count). The highest BCUT2D eigenvalue weighted by Gasteiger charge is 2.47. The number of carbonyl (C=O) groups excluding carboxylic acids is 4. The molecule has 0 saturated carbocycles. The van der Waals surface area contributed by atoms with Gasteiger partial charge in [0.05, 0.1) is 23.4 Å². The van der Waals surface area contributed by atoms with Crippen LogP contribution in [0.25, 0.3) is 0 Å². The van der Waals surface area contributed by atoms with Crippen LogP contribution in [-0.2, 0) is 29.1 Å². The fourth-order valence-corrected chi connectivity index (χ4v) is 5.82. The van der Waals surface area contributed by atoms with Gasteiger partial charge in [0.2, 0.25) is 11.8 Å². The summed E-state index contributed by atoms with van der Waals surface area (Å²) in [4.78, 5) is 55.4. The Hall–Kier alpha value is -3.67. The number of hydrogen-bond acceptors (Lipinski definition) is 8. The monoisotopic (exact) mass is 509 g/mol. The predicted octanol–water partition coefficient (Wildman–Crippen LogP) is 0.867. The first kappa shape index (κ1) is 23.7. The van der Waals surface area contributed by atoms with Gasteiger partial charge in [-0.1, -0.05) is 6.42 Å². The van der Waals surface area contributed by atoms with Crippen LogP contribution >= 0.6 is 0 Å². The maximum Gasteiger partial charge on any atom is 0.264 e. The Balaban J connectivity index is 1.19. The fourth-order valence-electron chi connectivity index (χ4n) is 5.82. The van der Waals surface area contributed by atoms with Gasteiger partial charge in [-0.05, 0) is 31.4 Å². The zero-order valence-electron chi connectivity index (χ0n) is 20.4. The van der Waals surface area contributed by atoms with E-state index in [4.69, 9.17) is 0 Å². The van der Waals surface area contributed by atoms with Gasteiger partial charge in [-0.3, -0.25) is 34.3 Å². The number of hydrogen-bond donors (Lipinski definition) is 1. The van der Waals surface area contributed by atoms with Gasteiger partial charge in [-0.2, -0.15) is 0 Å². The molecule has 1 atom stereocenters. The van der Waals surface area contributed by atoms with E-state index in [1.54, 1.807) is 4.90 Å². The molecule has 4 aliphatic rings. The minimum atomic E-state index is -1.09. The van der Waals surface area contributed by atoms with Crippen molar-refractivity contribution in [2.45, 2.75) is 57.7 Å². The minimum Gasteiger partial charge on any atom is -0.366 e. The molecular weight excluding hydrogens is 481 g/mol. The number of piperazine rings is 1. The Morgan fingerprint density at radius 3 is 2.51 bits per heavy atom. The lowest BCUT2D eigenvalue weighted by atomic mass is 10.0. The normalized spacial score (nSPS) is 22.7. The second-order valence-electron chi connectivity index (χ2n) is 10.0. The summed E-state index contributed by atoms with van der Waals surface area (Å²) >= 11 is 0. The van der Waals surface area contributed by atoms with E-state index >= 15 is 4.39 Å². The first-order valence-corrected chi connectivity index (χ1v) is 12.8. The molecule has 1 aromatic heterocycles. The summed E-state index contributed by atoms with van der Waals surface area (Å²) in [5.41, 5.74) is 0.173. The van der Waals surface area contributed by atoms with Crippen molar-refractivity contribution < 1.29 is 23.6 Å². The third-order valence-electron chi connectivity index (χ3n) is 7.77. The number of amides is 4. The van der Waals surface area contributed by atoms with Crippen molar-refractivity contribution >= 4 is 29.3 Å². The van der Waals surface area contributed by atoms with Crippen LogP contribution in [0.1, 0.15) is 64.5 Å². The first-order chi connectivity index (χ1) is 17.9. The average molecular weight is 510 g/mol. The van der Waals surface area contributed by atoms with Gasteiger partial charge in [0.25, 0.3) is 11.8 Å². The van der Waals surface area contributed by atoms with E-state index in [1.807, 2.05) is 0 Å². The van der Waals surface area contributed by atoms with Crippen molar-refractivity contribution in [1.29, 1.82) is 0 Å². The van der Waals surface area contributed by atoms with E-state index in [0.29, 0.717) is 32.7 Å². The van der Waals surface area contributed by atoms with Crippen molar-refractivity contribution in [2.24, 2.45) is 0 Å². The minimum absolute atomic E-state index is 0.00840. The van der Waals surface area contributed by atoms with Gasteiger partial charge in [0.1, 0.15) is 23.5 Å². The second-order valence-corrected chi connectivity index (χ2v) is 10.0. The number of piperidine rings is 1. The number of aryl methyl sites for hydroxylation is 1. The highest BCUT2D eigenvalue weighted by atomic mass is 19.1. The molecule has 0 aliphatic carbocycles. The Morgan fingerprint density at radius 2 is 1.73 bits per heavy atom. The molecule has 0 bridgehead atoms. The predicted molar refractivity (Wildman–Crippen MR) is 128 cm³/mol. The number of rotatable bonds is 4. The fraction of sp³-hybridized carbons (Fsp3) is 0.520. The lowest BCUT2D eigenvalue weighted by molar-refractivity contribution is -0.136. The molecule has 0 radical (unpaired) electrons. The maximum atomic E-state index is 15.2. The van der Waals surface area contributed by atoms with Crippen LogP contribution in [0.15, 0.2) is 12.1 Å². The number of halogens is 1. The number of imide groups is 2. The van der Waals surface area contributed by atoms with Crippen LogP contribution in [0.4, 0.5) is 10.1 Å². The van der Waals surface area contributed by atoms with E-state index in [2.05, 4.69) is 25.0 Å². The molecule has 4 amide bonds. The number of carbonyl (C=O) groups is 4. The number of nitrogens with one attached hydrogen (secondary N) is 1. The smallest absolute Gasteiger partial charge is 0.264 e. The van der Waals surface area contributed by atoms with E-state index < -0.39 is 35.5 Å². The van der Waals surface area contributed by atoms with Crippen molar-refractivity contribution in [2.75, 3.05) is 31.1 Å². The topological polar surface area (TPSA) is 121 Å². The molecule has 2 fully saturated rings. The van der Waals surface area contributed by atoms with Crippen LogP contribution in [-0.4, -0.2) is 80.4 Å². The van der Waals surface area contributed by atoms with Gasteiger partial charge in [-0.25, -0.2) is 4.39 Å². The summed E-state index contributed by atoms with van der Waals surface area (Å²) in [7, 11) is 0. The number of fused-ring (bicyclic) bond motifs is 2. The van der Waals surface area contributed by atoms with Crippen LogP contribution in [0.3, 0.4) is 0 Å². The van der Waals surface area contributed by atoms with Crippen LogP contribution < -0.4 is 10.2 Å². The zero-order chi connectivity index (χ0) is 25.7. The summed E-state index contributed by atoms with van der Waals surface area (Å²) in [6.45, 7) is 3.77. The summed E-state index contributed by atoms with van der Waals surface area (Å²) in [5.74, 6) is -1.06. The van der Waals surface area contributed by atoms with E-state index in [0.717, 1.165) is 42.4 Å². The summed E-state index contributed by atoms with van der Waals surface area (Å²) < 4.78 is 17.4. The molecule has 194 valence electrons. The molecule has 2 saturated heterocycles. The summed E-state index contributed by atoms with van der Waals surface area (Å²) in [6.07, 6.45) is 4.47.